The molecule has 4 heteroatoms. The van der Waals surface area contributed by atoms with Gasteiger partial charge in [-0.25, -0.2) is 0 Å². The van der Waals surface area contributed by atoms with E-state index in [1.807, 2.05) is 30.3 Å². The number of carbonyl (C=O) groups excluding carboxylic acids is 1. The second-order valence-electron chi connectivity index (χ2n) is 3.33. The van der Waals surface area contributed by atoms with Gasteiger partial charge in [-0.05, 0) is 35.9 Å². The Hall–Kier alpha value is -1.51. The van der Waals surface area contributed by atoms with Crippen molar-refractivity contribution in [3.05, 3.63) is 59.1 Å². The number of rotatable bonds is 3. The molecule has 0 aliphatic heterocycles. The van der Waals surface area contributed by atoms with Gasteiger partial charge in [-0.2, -0.15) is 0 Å². The maximum atomic E-state index is 11.0. The summed E-state index contributed by atoms with van der Waals surface area (Å²) in [7, 11) is 0. The van der Waals surface area contributed by atoms with E-state index in [4.69, 9.17) is 27.9 Å². The molecule has 0 heterocycles. The first-order chi connectivity index (χ1) is 8.16. The van der Waals surface area contributed by atoms with E-state index < -0.39 is 5.24 Å². The Balaban J connectivity index is 2.24. The number of halogens is 2. The lowest BCUT2D eigenvalue weighted by Gasteiger charge is -2.06. The van der Waals surface area contributed by atoms with Crippen LogP contribution >= 0.6 is 23.2 Å². The number of para-hydroxylation sites is 1. The second-order valence-corrected chi connectivity index (χ2v) is 4.08. The first-order valence-corrected chi connectivity index (χ1v) is 5.64. The molecular formula is C13H8Cl2O2. The fraction of sp³-hybridized carbons (Fsp3) is 0. The summed E-state index contributed by atoms with van der Waals surface area (Å²) in [4.78, 5) is 11.0. The second kappa shape index (κ2) is 5.21. The van der Waals surface area contributed by atoms with E-state index in [9.17, 15) is 4.79 Å². The Bertz CT molecular complexity index is 538. The highest BCUT2D eigenvalue weighted by atomic mass is 35.5. The van der Waals surface area contributed by atoms with Crippen molar-refractivity contribution < 1.29 is 9.53 Å². The summed E-state index contributed by atoms with van der Waals surface area (Å²) in [6.45, 7) is 0. The molecule has 0 spiro atoms. The molecule has 0 fully saturated rings. The van der Waals surface area contributed by atoms with Crippen LogP contribution in [0.3, 0.4) is 0 Å². The molecule has 0 radical (unpaired) electrons. The fourth-order valence-electron chi connectivity index (χ4n) is 1.34. The monoisotopic (exact) mass is 266 g/mol. The van der Waals surface area contributed by atoms with E-state index in [1.165, 1.54) is 6.07 Å². The lowest BCUT2D eigenvalue weighted by Crippen LogP contribution is -1.91. The van der Waals surface area contributed by atoms with Crippen LogP contribution in [0.1, 0.15) is 10.4 Å². The summed E-state index contributed by atoms with van der Waals surface area (Å²) < 4.78 is 5.56. The summed E-state index contributed by atoms with van der Waals surface area (Å²) in [6, 6.07) is 14.0. The van der Waals surface area contributed by atoms with E-state index in [2.05, 4.69) is 0 Å². The molecule has 0 amide bonds. The zero-order chi connectivity index (χ0) is 12.3. The van der Waals surface area contributed by atoms with Gasteiger partial charge in [-0.1, -0.05) is 29.8 Å². The molecule has 0 aliphatic rings. The van der Waals surface area contributed by atoms with Gasteiger partial charge in [0, 0.05) is 6.07 Å². The molecule has 0 bridgehead atoms. The van der Waals surface area contributed by atoms with Gasteiger partial charge in [-0.3, -0.25) is 4.79 Å². The highest BCUT2D eigenvalue weighted by Crippen LogP contribution is 2.27. The van der Waals surface area contributed by atoms with Crippen molar-refractivity contribution in [2.24, 2.45) is 0 Å². The molecule has 2 aromatic rings. The SMILES string of the molecule is O=C(Cl)c1ccc(Oc2ccccc2)cc1Cl. The van der Waals surface area contributed by atoms with Gasteiger partial charge in [0.05, 0.1) is 10.6 Å². The summed E-state index contributed by atoms with van der Waals surface area (Å²) in [6.07, 6.45) is 0. The first-order valence-electron chi connectivity index (χ1n) is 4.89. The molecule has 2 aromatic carbocycles. The number of ether oxygens (including phenoxy) is 1. The molecule has 0 aromatic heterocycles. The van der Waals surface area contributed by atoms with Crippen LogP contribution in [0.2, 0.25) is 5.02 Å². The van der Waals surface area contributed by atoms with E-state index in [0.29, 0.717) is 11.5 Å². The molecule has 2 rings (SSSR count). The highest BCUT2D eigenvalue weighted by Gasteiger charge is 2.08. The first kappa shape index (κ1) is 12.0. The van der Waals surface area contributed by atoms with Crippen LogP contribution < -0.4 is 4.74 Å². The summed E-state index contributed by atoms with van der Waals surface area (Å²) in [5.41, 5.74) is 0.272. The minimum atomic E-state index is -0.582. The Labute approximate surface area is 109 Å². The van der Waals surface area contributed by atoms with Crippen molar-refractivity contribution in [2.75, 3.05) is 0 Å². The predicted molar refractivity (Wildman–Crippen MR) is 68.2 cm³/mol. The molecule has 0 saturated heterocycles. The fourth-order valence-corrected chi connectivity index (χ4v) is 1.81. The molecule has 17 heavy (non-hydrogen) atoms. The van der Waals surface area contributed by atoms with Crippen LogP contribution in [0.5, 0.6) is 11.5 Å². The summed E-state index contributed by atoms with van der Waals surface area (Å²) >= 11 is 11.3. The normalized spacial score (nSPS) is 10.0. The largest absolute Gasteiger partial charge is 0.457 e. The molecule has 0 unspecified atom stereocenters. The maximum absolute atomic E-state index is 11.0. The number of benzene rings is 2. The lowest BCUT2D eigenvalue weighted by atomic mass is 10.2. The highest BCUT2D eigenvalue weighted by molar-refractivity contribution is 6.68. The van der Waals surface area contributed by atoms with Crippen LogP contribution in [0.4, 0.5) is 0 Å². The standard InChI is InChI=1S/C13H8Cl2O2/c14-12-8-10(6-7-11(12)13(15)16)17-9-4-2-1-3-5-9/h1-8H. The molecule has 0 aliphatic carbocycles. The third kappa shape index (κ3) is 2.99. The van der Waals surface area contributed by atoms with Gasteiger partial charge in [0.1, 0.15) is 11.5 Å². The van der Waals surface area contributed by atoms with Crippen molar-refractivity contribution >= 4 is 28.4 Å². The van der Waals surface area contributed by atoms with Crippen LogP contribution in [-0.2, 0) is 0 Å². The summed E-state index contributed by atoms with van der Waals surface area (Å²) in [5, 5.41) is -0.306. The number of hydrogen-bond donors (Lipinski definition) is 0. The molecule has 0 atom stereocenters. The van der Waals surface area contributed by atoms with E-state index in [-0.39, 0.29) is 10.6 Å². The third-order valence-corrected chi connectivity index (χ3v) is 2.65. The Morgan fingerprint density at radius 2 is 1.71 bits per heavy atom. The zero-order valence-electron chi connectivity index (χ0n) is 8.69. The van der Waals surface area contributed by atoms with Gasteiger partial charge in [0.25, 0.3) is 5.24 Å². The van der Waals surface area contributed by atoms with Crippen molar-refractivity contribution in [3.8, 4) is 11.5 Å². The molecule has 0 saturated carbocycles. The smallest absolute Gasteiger partial charge is 0.253 e. The Morgan fingerprint density at radius 1 is 1.00 bits per heavy atom. The van der Waals surface area contributed by atoms with Gasteiger partial charge >= 0.3 is 0 Å². The van der Waals surface area contributed by atoms with Gasteiger partial charge in [-0.15, -0.1) is 0 Å². The van der Waals surface area contributed by atoms with Crippen molar-refractivity contribution in [1.29, 1.82) is 0 Å². The van der Waals surface area contributed by atoms with Gasteiger partial charge < -0.3 is 4.74 Å². The molecule has 86 valence electrons. The minimum absolute atomic E-state index is 0.272. The van der Waals surface area contributed by atoms with Crippen molar-refractivity contribution in [1.82, 2.24) is 0 Å². The zero-order valence-corrected chi connectivity index (χ0v) is 10.2. The number of hydrogen-bond acceptors (Lipinski definition) is 2. The van der Waals surface area contributed by atoms with Gasteiger partial charge in [0.15, 0.2) is 0 Å². The quantitative estimate of drug-likeness (QED) is 0.764. The van der Waals surface area contributed by atoms with Crippen LogP contribution in [0.15, 0.2) is 48.5 Å². The van der Waals surface area contributed by atoms with Crippen molar-refractivity contribution in [3.63, 3.8) is 0 Å². The summed E-state index contributed by atoms with van der Waals surface area (Å²) in [5.74, 6) is 1.26. The van der Waals surface area contributed by atoms with E-state index in [1.54, 1.807) is 12.1 Å². The molecule has 2 nitrogen and oxygen atoms in total. The maximum Gasteiger partial charge on any atom is 0.253 e. The average Bonchev–Trinajstić information content (AvgIpc) is 2.30. The Kier molecular flexibility index (Phi) is 3.67. The average molecular weight is 267 g/mol. The van der Waals surface area contributed by atoms with E-state index >= 15 is 0 Å². The predicted octanol–water partition coefficient (Wildman–Crippen LogP) is 4.51. The molecule has 0 N–H and O–H groups in total. The number of carbonyl (C=O) groups is 1. The Morgan fingerprint density at radius 3 is 2.29 bits per heavy atom. The minimum Gasteiger partial charge on any atom is -0.457 e. The van der Waals surface area contributed by atoms with Crippen LogP contribution in [0.25, 0.3) is 0 Å². The van der Waals surface area contributed by atoms with Crippen LogP contribution in [0, 0.1) is 0 Å². The van der Waals surface area contributed by atoms with E-state index in [0.717, 1.165) is 0 Å². The topological polar surface area (TPSA) is 26.3 Å². The third-order valence-electron chi connectivity index (χ3n) is 2.13. The van der Waals surface area contributed by atoms with Crippen molar-refractivity contribution in [2.45, 2.75) is 0 Å². The molecular weight excluding hydrogens is 259 g/mol. The van der Waals surface area contributed by atoms with Gasteiger partial charge in [0.2, 0.25) is 0 Å². The lowest BCUT2D eigenvalue weighted by molar-refractivity contribution is 0.108. The van der Waals surface area contributed by atoms with Crippen LogP contribution in [-0.4, -0.2) is 5.24 Å².